The minimum atomic E-state index is -1.10. The van der Waals surface area contributed by atoms with Gasteiger partial charge in [-0.3, -0.25) is 14.6 Å². The molecule has 110 valence electrons. The Balaban J connectivity index is 2.23. The van der Waals surface area contributed by atoms with Crippen molar-refractivity contribution < 1.29 is 19.5 Å². The van der Waals surface area contributed by atoms with E-state index in [1.165, 1.54) is 17.2 Å². The third-order valence-electron chi connectivity index (χ3n) is 3.19. The van der Waals surface area contributed by atoms with Crippen LogP contribution in [0.15, 0.2) is 24.4 Å². The highest BCUT2D eigenvalue weighted by atomic mass is 16.4. The zero-order chi connectivity index (χ0) is 15.4. The molecule has 21 heavy (non-hydrogen) atoms. The maximum atomic E-state index is 12.4. The number of likely N-dealkylation sites (N-methyl/N-ethyl adjacent to an activating group) is 1. The fourth-order valence-electron chi connectivity index (χ4n) is 1.97. The van der Waals surface area contributed by atoms with Crippen LogP contribution in [-0.2, 0) is 9.59 Å². The van der Waals surface area contributed by atoms with Crippen molar-refractivity contribution in [2.24, 2.45) is 0 Å². The summed E-state index contributed by atoms with van der Waals surface area (Å²) in [5, 5.41) is 8.66. The number of carbonyl (C=O) groups is 3. The lowest BCUT2D eigenvalue weighted by atomic mass is 10.1. The summed E-state index contributed by atoms with van der Waals surface area (Å²) in [5.74, 6) is -1.61. The largest absolute Gasteiger partial charge is 0.478 e. The zero-order valence-corrected chi connectivity index (χ0v) is 11.5. The second-order valence-electron chi connectivity index (χ2n) is 4.65. The molecule has 1 N–H and O–H groups in total. The fraction of sp³-hybridized carbons (Fsp3) is 0.286. The fourth-order valence-corrected chi connectivity index (χ4v) is 1.97. The van der Waals surface area contributed by atoms with Crippen molar-refractivity contribution in [1.82, 2.24) is 14.8 Å². The van der Waals surface area contributed by atoms with Gasteiger partial charge in [0.1, 0.15) is 12.2 Å². The Hall–Kier alpha value is -2.70. The number of nitrogens with zero attached hydrogens (tertiary/aromatic N) is 3. The molecule has 0 saturated carbocycles. The van der Waals surface area contributed by atoms with E-state index in [0.717, 1.165) is 6.08 Å². The summed E-state index contributed by atoms with van der Waals surface area (Å²) in [5.41, 5.74) is 0.559. The van der Waals surface area contributed by atoms with Crippen molar-refractivity contribution in [3.05, 3.63) is 35.7 Å². The lowest BCUT2D eigenvalue weighted by Crippen LogP contribution is -2.50. The number of hydrogen-bond acceptors (Lipinski definition) is 4. The molecule has 0 aliphatic carbocycles. The number of amides is 2. The van der Waals surface area contributed by atoms with E-state index in [9.17, 15) is 14.4 Å². The standard InChI is InChI=1S/C14H15N3O4/c1-16-7-8-17(9-11(16)18)14(21)13-10(3-2-6-15-13)4-5-12(19)20/h2-6H,7-9H2,1H3,(H,19,20)/b5-4+. The van der Waals surface area contributed by atoms with Crippen LogP contribution in [0.4, 0.5) is 0 Å². The second kappa shape index (κ2) is 6.17. The second-order valence-corrected chi connectivity index (χ2v) is 4.65. The van der Waals surface area contributed by atoms with Gasteiger partial charge in [0.25, 0.3) is 5.91 Å². The number of pyridine rings is 1. The molecule has 0 bridgehead atoms. The van der Waals surface area contributed by atoms with E-state index in [-0.39, 0.29) is 24.1 Å². The van der Waals surface area contributed by atoms with Crippen LogP contribution >= 0.6 is 0 Å². The summed E-state index contributed by atoms with van der Waals surface area (Å²) in [6.45, 7) is 0.908. The van der Waals surface area contributed by atoms with E-state index >= 15 is 0 Å². The molecular weight excluding hydrogens is 274 g/mol. The molecule has 1 aromatic heterocycles. The first-order chi connectivity index (χ1) is 9.99. The van der Waals surface area contributed by atoms with Gasteiger partial charge in [-0.05, 0) is 12.1 Å². The van der Waals surface area contributed by atoms with E-state index in [1.807, 2.05) is 0 Å². The third-order valence-corrected chi connectivity index (χ3v) is 3.19. The predicted octanol–water partition coefficient (Wildman–Crippen LogP) is 0.0936. The Morgan fingerprint density at radius 2 is 2.14 bits per heavy atom. The molecule has 7 heteroatoms. The van der Waals surface area contributed by atoms with Crippen LogP contribution in [-0.4, -0.2) is 64.4 Å². The first-order valence-corrected chi connectivity index (χ1v) is 6.38. The van der Waals surface area contributed by atoms with Gasteiger partial charge in [0, 0.05) is 38.0 Å². The first-order valence-electron chi connectivity index (χ1n) is 6.38. The molecule has 2 amide bonds. The van der Waals surface area contributed by atoms with Gasteiger partial charge in [-0.2, -0.15) is 0 Å². The molecule has 1 fully saturated rings. The monoisotopic (exact) mass is 289 g/mol. The van der Waals surface area contributed by atoms with Gasteiger partial charge in [0.15, 0.2) is 0 Å². The average Bonchev–Trinajstić information content (AvgIpc) is 2.47. The Bertz CT molecular complexity index is 612. The van der Waals surface area contributed by atoms with Crippen molar-refractivity contribution in [2.75, 3.05) is 26.7 Å². The highest BCUT2D eigenvalue weighted by Gasteiger charge is 2.27. The molecule has 1 aliphatic rings. The molecular formula is C14H15N3O4. The summed E-state index contributed by atoms with van der Waals surface area (Å²) in [7, 11) is 1.69. The molecule has 0 spiro atoms. The summed E-state index contributed by atoms with van der Waals surface area (Å²) in [6.07, 6.45) is 3.73. The number of rotatable bonds is 3. The molecule has 7 nitrogen and oxygen atoms in total. The van der Waals surface area contributed by atoms with Gasteiger partial charge in [-0.1, -0.05) is 6.07 Å². The quantitative estimate of drug-likeness (QED) is 0.797. The van der Waals surface area contributed by atoms with E-state index in [1.54, 1.807) is 24.1 Å². The van der Waals surface area contributed by atoms with Crippen molar-refractivity contribution in [1.29, 1.82) is 0 Å². The molecule has 0 aromatic carbocycles. The van der Waals surface area contributed by atoms with Crippen LogP contribution in [0.25, 0.3) is 6.08 Å². The Kier molecular flexibility index (Phi) is 4.32. The normalized spacial score (nSPS) is 15.6. The van der Waals surface area contributed by atoms with Crippen molar-refractivity contribution in [3.63, 3.8) is 0 Å². The SMILES string of the molecule is CN1CCN(C(=O)c2ncccc2/C=C/C(=O)O)CC1=O. The lowest BCUT2D eigenvalue weighted by Gasteiger charge is -2.31. The molecule has 2 heterocycles. The topological polar surface area (TPSA) is 90.8 Å². The van der Waals surface area contributed by atoms with Crippen LogP contribution in [0.5, 0.6) is 0 Å². The molecule has 0 atom stereocenters. The minimum Gasteiger partial charge on any atom is -0.478 e. The van der Waals surface area contributed by atoms with E-state index in [4.69, 9.17) is 5.11 Å². The number of aromatic nitrogens is 1. The Labute approximate surface area is 121 Å². The molecule has 0 radical (unpaired) electrons. The Morgan fingerprint density at radius 1 is 1.38 bits per heavy atom. The number of hydrogen-bond donors (Lipinski definition) is 1. The maximum Gasteiger partial charge on any atom is 0.328 e. The summed E-state index contributed by atoms with van der Waals surface area (Å²) in [6, 6.07) is 3.23. The van der Waals surface area contributed by atoms with Gasteiger partial charge in [0.2, 0.25) is 5.91 Å². The van der Waals surface area contributed by atoms with Gasteiger partial charge < -0.3 is 14.9 Å². The number of carbonyl (C=O) groups excluding carboxylic acids is 2. The number of aliphatic carboxylic acids is 1. The predicted molar refractivity (Wildman–Crippen MR) is 74.4 cm³/mol. The highest BCUT2D eigenvalue weighted by molar-refractivity contribution is 5.99. The van der Waals surface area contributed by atoms with E-state index < -0.39 is 5.97 Å². The van der Waals surface area contributed by atoms with Crippen LogP contribution < -0.4 is 0 Å². The van der Waals surface area contributed by atoms with Crippen LogP contribution in [0.2, 0.25) is 0 Å². The summed E-state index contributed by atoms with van der Waals surface area (Å²) in [4.78, 5) is 41.7. The highest BCUT2D eigenvalue weighted by Crippen LogP contribution is 2.13. The Morgan fingerprint density at radius 3 is 2.81 bits per heavy atom. The molecule has 0 unspecified atom stereocenters. The number of carboxylic acid groups (broad SMARTS) is 1. The smallest absolute Gasteiger partial charge is 0.328 e. The van der Waals surface area contributed by atoms with Gasteiger partial charge in [-0.25, -0.2) is 4.79 Å². The summed E-state index contributed by atoms with van der Waals surface area (Å²) < 4.78 is 0. The van der Waals surface area contributed by atoms with Gasteiger partial charge in [-0.15, -0.1) is 0 Å². The van der Waals surface area contributed by atoms with Crippen molar-refractivity contribution >= 4 is 23.9 Å². The first kappa shape index (κ1) is 14.7. The summed E-state index contributed by atoms with van der Waals surface area (Å²) >= 11 is 0. The zero-order valence-electron chi connectivity index (χ0n) is 11.5. The molecule has 2 rings (SSSR count). The molecule has 1 aromatic rings. The minimum absolute atomic E-state index is 0.00793. The van der Waals surface area contributed by atoms with Crippen molar-refractivity contribution in [3.8, 4) is 0 Å². The van der Waals surface area contributed by atoms with Gasteiger partial charge >= 0.3 is 5.97 Å². The van der Waals surface area contributed by atoms with Crippen molar-refractivity contribution in [2.45, 2.75) is 0 Å². The van der Waals surface area contributed by atoms with Gasteiger partial charge in [0.05, 0.1) is 0 Å². The molecule has 1 aliphatic heterocycles. The average molecular weight is 289 g/mol. The van der Waals surface area contributed by atoms with Crippen LogP contribution in [0.3, 0.4) is 0 Å². The number of piperazine rings is 1. The van der Waals surface area contributed by atoms with E-state index in [0.29, 0.717) is 18.7 Å². The van der Waals surface area contributed by atoms with Crippen LogP contribution in [0.1, 0.15) is 16.1 Å². The lowest BCUT2D eigenvalue weighted by molar-refractivity contribution is -0.133. The number of carboxylic acids is 1. The molecule has 1 saturated heterocycles. The maximum absolute atomic E-state index is 12.4. The third kappa shape index (κ3) is 3.44. The van der Waals surface area contributed by atoms with Crippen LogP contribution in [0, 0.1) is 0 Å². The van der Waals surface area contributed by atoms with E-state index in [2.05, 4.69) is 4.98 Å².